The largest absolute Gasteiger partial charge is 0.756 e. The Labute approximate surface area is 596 Å². The Hall–Kier alpha value is -11.8. The smallest absolute Gasteiger partial charge is 0.458 e. The number of phenolic OH excluding ortho intramolecular Hbond substituents is 1. The number of phosphoric ester groups is 1. The molecule has 0 aromatic heterocycles. The number of carboxylic acid groups (broad SMARTS) is 8. The van der Waals surface area contributed by atoms with Gasteiger partial charge in [-0.05, 0) is 91.8 Å². The van der Waals surface area contributed by atoms with Crippen LogP contribution in [0.2, 0.25) is 0 Å². The molecule has 0 amide bonds. The number of ketones is 1. The van der Waals surface area contributed by atoms with Crippen LogP contribution < -0.4 is 27.4 Å². The minimum Gasteiger partial charge on any atom is -0.756 e. The molecule has 0 radical (unpaired) electrons. The van der Waals surface area contributed by atoms with Gasteiger partial charge in [0, 0.05) is 19.8 Å². The number of carbonyl (C=O) groups excluding carboxylic acids is 7. The molecule has 0 bridgehead atoms. The standard InChI is InChI=1S/C10H13NO5.C10H13O10P.2C10H10O6.C9H11NO3.C9H11NO2.2CO2.HO4P.H2O.H2/c11-8(9(14)15)5-10(16-6-12)3-1-7(13)2-4-10;1-4(9(12)13)19-6-2-5(10(14)15)3-7(8(6)11)20-21(16,17)18;1-5(9(12)13)16-8-4-6(10(14)15)2-3-7(8)11;11-6-16-10(5-8(13)9(14)15)3-1-7(12)2-4-10;10-8(9(12)13)5-6-1-3-7(11)4-2-6;10-8(9(11)12)6-7-4-2-1-3-5-7;2*2-1-3;1-4-5(2)3;;/h1-4,6-8,13H,5,11H2,(H,14,15);3,6-8,11H,1-2H2,(H,12,13)(H,14,15)(H2,16,17,18);2-4,7-8,11H,1H2,(H,12,13)(H,14,15);1-4,6-7,12H,5H2,(H,14,15);1-4,8,11H,5,10H2,(H,12,13);1-5,8H,6,10H2,(H,11,12);;;1H;1H2;1H/p-2. The summed E-state index contributed by atoms with van der Waals surface area (Å²) in [5.41, 5.74) is 14.8. The number of rotatable bonds is 27. The second kappa shape index (κ2) is 52.2. The van der Waals surface area contributed by atoms with Gasteiger partial charge in [0.25, 0.3) is 20.8 Å². The van der Waals surface area contributed by atoms with Crippen LogP contribution in [0.5, 0.6) is 5.75 Å². The molecular weight excluding hydrogens is 1480 g/mol. The van der Waals surface area contributed by atoms with E-state index in [9.17, 15) is 77.5 Å². The number of aliphatic hydroxyl groups is 4. The Balaban J connectivity index is -0.000000379. The number of phosphoric acid groups is 1. The van der Waals surface area contributed by atoms with Gasteiger partial charge in [0.1, 0.15) is 54.4 Å². The Kier molecular flexibility index (Phi) is 49.6. The molecule has 4 aliphatic rings. The van der Waals surface area contributed by atoms with Crippen molar-refractivity contribution in [3.63, 3.8) is 0 Å². The minimum absolute atomic E-state index is 0. The molecule has 9 unspecified atom stereocenters. The van der Waals surface area contributed by atoms with E-state index in [4.69, 9.17) is 126 Å². The third kappa shape index (κ3) is 43.9. The van der Waals surface area contributed by atoms with Crippen molar-refractivity contribution in [3.8, 4) is 5.75 Å². The summed E-state index contributed by atoms with van der Waals surface area (Å²) in [7, 11) is -8.40. The zero-order valence-electron chi connectivity index (χ0n) is 54.0. The van der Waals surface area contributed by atoms with Crippen molar-refractivity contribution in [2.24, 2.45) is 17.2 Å². The van der Waals surface area contributed by atoms with Gasteiger partial charge in [-0.3, -0.25) is 33.3 Å². The number of carboxylic acids is 8. The Bertz CT molecular complexity index is 3670. The zero-order valence-corrected chi connectivity index (χ0v) is 55.8. The summed E-state index contributed by atoms with van der Waals surface area (Å²) in [4.78, 5) is 168. The molecule has 6 rings (SSSR count). The van der Waals surface area contributed by atoms with Crippen LogP contribution in [0, 0.1) is 0 Å². The molecule has 0 fully saturated rings. The molecular formula is C60H71N3O41P2-2. The average Bonchev–Trinajstić information content (AvgIpc) is 0.833. The molecule has 46 heteroatoms. The number of benzene rings is 2. The molecule has 2 aromatic rings. The van der Waals surface area contributed by atoms with Gasteiger partial charge < -0.3 is 132 Å². The van der Waals surface area contributed by atoms with Gasteiger partial charge in [0.15, 0.2) is 22.7 Å². The van der Waals surface area contributed by atoms with Crippen molar-refractivity contribution < 1.29 is 202 Å². The Morgan fingerprint density at radius 1 is 0.632 bits per heavy atom. The van der Waals surface area contributed by atoms with Gasteiger partial charge >= 0.3 is 68.0 Å². The highest BCUT2D eigenvalue weighted by atomic mass is 31.2. The quantitative estimate of drug-likeness (QED) is 0.00588. The van der Waals surface area contributed by atoms with E-state index in [2.05, 4.69) is 22.4 Å². The third-order valence-electron chi connectivity index (χ3n) is 12.2. The first-order valence-corrected chi connectivity index (χ1v) is 30.5. The normalized spacial score (nSPS) is 21.2. The predicted molar refractivity (Wildman–Crippen MR) is 339 cm³/mol. The summed E-state index contributed by atoms with van der Waals surface area (Å²) < 4.78 is 54.1. The topological polar surface area (TPSA) is 802 Å². The maximum Gasteiger partial charge on any atom is 0.458 e. The monoisotopic (exact) mass is 1550 g/mol. The van der Waals surface area contributed by atoms with Crippen molar-refractivity contribution in [1.29, 1.82) is 0 Å². The number of nitrogens with two attached hydrogens (primary N) is 3. The summed E-state index contributed by atoms with van der Waals surface area (Å²) in [5.74, 6) is -12.5. The van der Waals surface area contributed by atoms with Crippen LogP contribution >= 0.6 is 15.7 Å². The molecule has 584 valence electrons. The van der Waals surface area contributed by atoms with E-state index in [0.717, 1.165) is 23.3 Å². The lowest BCUT2D eigenvalue weighted by molar-refractivity contribution is -0.635. The molecule has 4 aliphatic carbocycles. The molecule has 0 spiro atoms. The van der Waals surface area contributed by atoms with Crippen LogP contribution in [0.25, 0.3) is 0 Å². The van der Waals surface area contributed by atoms with Crippen molar-refractivity contribution in [2.75, 3.05) is 0 Å². The number of aliphatic hydroxyl groups excluding tert-OH is 4. The lowest BCUT2D eigenvalue weighted by Gasteiger charge is -2.34. The summed E-state index contributed by atoms with van der Waals surface area (Å²) in [6, 6.07) is 12.8. The van der Waals surface area contributed by atoms with Crippen LogP contribution in [-0.2, 0) is 127 Å². The minimum atomic E-state index is -5.25. The van der Waals surface area contributed by atoms with Crippen molar-refractivity contribution in [1.82, 2.24) is 0 Å². The van der Waals surface area contributed by atoms with E-state index in [1.165, 1.54) is 72.9 Å². The van der Waals surface area contributed by atoms with Crippen LogP contribution in [0.3, 0.4) is 0 Å². The highest BCUT2D eigenvalue weighted by Gasteiger charge is 2.39. The van der Waals surface area contributed by atoms with Crippen LogP contribution in [-0.4, -0.2) is 228 Å². The fraction of sp³-hybridized carbons (Fsp3) is 0.283. The van der Waals surface area contributed by atoms with E-state index >= 15 is 0 Å². The molecule has 2 aromatic carbocycles. The molecule has 44 nitrogen and oxygen atoms in total. The molecule has 0 heterocycles. The number of hydrogen-bond acceptors (Lipinski definition) is 34. The summed E-state index contributed by atoms with van der Waals surface area (Å²) in [5, 5.41) is 124. The summed E-state index contributed by atoms with van der Waals surface area (Å²) in [6.45, 7) is 6.51. The molecule has 22 N–H and O–H groups in total. The lowest BCUT2D eigenvalue weighted by atomic mass is 9.90. The SMILES string of the molecule is C=C(OC1C=C(C(=O)O)C=CC1O)C(=O)O.C=C(OC1CC(C(=O)O)=CC(OP(=O)([O-])O)C1O)C(=O)O.NC(CC1(OC=O)C=CC(O)C=C1)C(=O)O.NC(Cc1ccc(O)cc1)C(=O)O.NC(Cc1ccccc1)C(=O)O.O.O=C=O.O=C=O.O=COC1(CC(=O)C(=O)O)C=CC(O)C=C1.O=P(=O)O[O-].[HH]. The van der Waals surface area contributed by atoms with Crippen LogP contribution in [0.1, 0.15) is 31.8 Å². The van der Waals surface area contributed by atoms with Gasteiger partial charge in [-0.25, -0.2) is 33.1 Å². The van der Waals surface area contributed by atoms with Crippen molar-refractivity contribution in [2.45, 2.75) is 104 Å². The van der Waals surface area contributed by atoms with Gasteiger partial charge in [-0.1, -0.05) is 72.8 Å². The molecule has 0 saturated carbocycles. The van der Waals surface area contributed by atoms with E-state index < -0.39 is 166 Å². The number of hydrogen-bond donors (Lipinski definition) is 17. The number of ether oxygens (including phenoxy) is 4. The van der Waals surface area contributed by atoms with Crippen LogP contribution in [0.4, 0.5) is 0 Å². The lowest BCUT2D eigenvalue weighted by Crippen LogP contribution is -2.44. The molecule has 0 saturated heterocycles. The molecule has 106 heavy (non-hydrogen) atoms. The first-order chi connectivity index (χ1) is 48.8. The van der Waals surface area contributed by atoms with Gasteiger partial charge in [0.2, 0.25) is 5.78 Å². The third-order valence-corrected chi connectivity index (χ3v) is 12.9. The summed E-state index contributed by atoms with van der Waals surface area (Å²) >= 11 is 0. The zero-order chi connectivity index (χ0) is 81.5. The highest BCUT2D eigenvalue weighted by molar-refractivity contribution is 7.44. The summed E-state index contributed by atoms with van der Waals surface area (Å²) in [6.07, 6.45) is 6.73. The number of carbonyl (C=O) groups is 11. The first-order valence-electron chi connectivity index (χ1n) is 28.0. The Morgan fingerprint density at radius 3 is 1.41 bits per heavy atom. The number of aliphatic carboxylic acids is 8. The van der Waals surface area contributed by atoms with E-state index in [-0.39, 0.29) is 61.9 Å². The maximum atomic E-state index is 11.0. The average molecular weight is 1550 g/mol. The fourth-order valence-electron chi connectivity index (χ4n) is 7.42. The van der Waals surface area contributed by atoms with Crippen molar-refractivity contribution >= 4 is 94.5 Å². The number of aromatic hydroxyl groups is 1. The van der Waals surface area contributed by atoms with E-state index in [0.29, 0.717) is 6.42 Å². The molecule has 9 atom stereocenters. The second-order valence-corrected chi connectivity index (χ2v) is 21.7. The van der Waals surface area contributed by atoms with Gasteiger partial charge in [-0.2, -0.15) is 19.2 Å². The van der Waals surface area contributed by atoms with Gasteiger partial charge in [-0.15, -0.1) is 0 Å². The van der Waals surface area contributed by atoms with Crippen LogP contribution in [0.15, 0.2) is 163 Å². The van der Waals surface area contributed by atoms with Crippen molar-refractivity contribution in [3.05, 3.63) is 174 Å². The first kappa shape index (κ1) is 101. The van der Waals surface area contributed by atoms with Gasteiger partial charge in [0.05, 0.1) is 24.2 Å². The Morgan fingerprint density at radius 2 is 1.04 bits per heavy atom. The highest BCUT2D eigenvalue weighted by Crippen LogP contribution is 2.37. The number of Topliss-reactive ketones (excluding diaryl/α,β-unsaturated/α-hetero) is 1. The van der Waals surface area contributed by atoms with E-state index in [1.54, 1.807) is 12.1 Å². The number of phenols is 1. The van der Waals surface area contributed by atoms with E-state index in [1.807, 2.05) is 30.3 Å². The maximum absolute atomic E-state index is 11.0. The predicted octanol–water partition coefficient (Wildman–Crippen LogP) is -4.27. The second-order valence-electron chi connectivity index (χ2n) is 19.9. The molecule has 0 aliphatic heterocycles. The fourth-order valence-corrected chi connectivity index (χ4v) is 7.91.